The number of carbonyl (C=O) groups excluding carboxylic acids is 4. The molecule has 72 heavy (non-hydrogen) atoms. The molecule has 0 radical (unpaired) electrons. The molecule has 2 heterocycles. The summed E-state index contributed by atoms with van der Waals surface area (Å²) in [5.74, 6) is -0.637. The summed E-state index contributed by atoms with van der Waals surface area (Å²) in [5.41, 5.74) is 4.93. The number of fused-ring (bicyclic) bond motifs is 2. The number of carbonyl (C=O) groups is 4. The molecule has 0 saturated heterocycles. The summed E-state index contributed by atoms with van der Waals surface area (Å²) in [7, 11) is 0. The lowest BCUT2D eigenvalue weighted by Gasteiger charge is -2.28. The van der Waals surface area contributed by atoms with Crippen molar-refractivity contribution in [3.63, 3.8) is 0 Å². The number of halogens is 2. The van der Waals surface area contributed by atoms with Crippen LogP contribution in [0.25, 0.3) is 9.69 Å². The number of thiophene rings is 2. The Hall–Kier alpha value is -7.32. The van der Waals surface area contributed by atoms with E-state index in [2.05, 4.69) is 15.8 Å². The molecule has 2 atom stereocenters. The van der Waals surface area contributed by atoms with Crippen LogP contribution in [0.5, 0.6) is 11.5 Å². The summed E-state index contributed by atoms with van der Waals surface area (Å²) in [6.07, 6.45) is 8.90. The van der Waals surface area contributed by atoms with E-state index in [9.17, 15) is 28.0 Å². The molecule has 2 aliphatic rings. The molecule has 2 unspecified atom stereocenters. The Morgan fingerprint density at radius 3 is 1.90 bits per heavy atom. The van der Waals surface area contributed by atoms with Gasteiger partial charge in [0, 0.05) is 45.5 Å². The molecule has 0 aliphatic heterocycles. The molecule has 2 aliphatic carbocycles. The van der Waals surface area contributed by atoms with Gasteiger partial charge in [-0.1, -0.05) is 66.2 Å². The Morgan fingerprint density at radius 1 is 0.750 bits per heavy atom. The second-order valence-electron chi connectivity index (χ2n) is 18.5. The fraction of sp³-hybridized carbons (Fsp3) is 0.288. The summed E-state index contributed by atoms with van der Waals surface area (Å²) in [6, 6.07) is 26.9. The van der Waals surface area contributed by atoms with Crippen LogP contribution in [-0.4, -0.2) is 41.6 Å². The molecule has 6 aromatic rings. The van der Waals surface area contributed by atoms with E-state index in [-0.39, 0.29) is 59.9 Å². The van der Waals surface area contributed by atoms with Crippen molar-refractivity contribution in [2.75, 3.05) is 6.61 Å². The Kier molecular flexibility index (Phi) is 17.3. The van der Waals surface area contributed by atoms with E-state index in [4.69, 9.17) is 27.4 Å². The highest BCUT2D eigenvalue weighted by Crippen LogP contribution is 2.46. The van der Waals surface area contributed by atoms with E-state index in [1.54, 1.807) is 55.5 Å². The van der Waals surface area contributed by atoms with Crippen molar-refractivity contribution in [1.29, 1.82) is 0 Å². The smallest absolute Gasteiger partial charge is 0.331 e. The molecule has 0 spiro atoms. The maximum absolute atomic E-state index is 14.1. The number of esters is 1. The number of hydrogen-bond acceptors (Lipinski definition) is 9. The number of Topliss-reactive ketones (excluding diaryl/α,β-unsaturated/α-hetero) is 2. The molecule has 4 aromatic carbocycles. The van der Waals surface area contributed by atoms with Crippen LogP contribution in [0.3, 0.4) is 0 Å². The predicted molar refractivity (Wildman–Crippen MR) is 278 cm³/mol. The third-order valence-corrected chi connectivity index (χ3v) is 14.7. The van der Waals surface area contributed by atoms with Gasteiger partial charge in [-0.2, -0.15) is 22.7 Å². The Bertz CT molecular complexity index is 3160. The normalized spacial score (nSPS) is 14.8. The van der Waals surface area contributed by atoms with Crippen LogP contribution in [0.4, 0.5) is 20.2 Å². The van der Waals surface area contributed by atoms with Crippen LogP contribution in [0.15, 0.2) is 121 Å². The quantitative estimate of drug-likeness (QED) is 0.0412. The zero-order valence-corrected chi connectivity index (χ0v) is 42.4. The standard InChI is InChI=1S/C31H30FNO4S.C28H24FNO3S/c1-5-10-29(35)37-31(2,3)19-36-26-14-9-7-11-21(26)20-15-16-23-27(17-20)38-28(30(23)33-4)18-25(34)22-12-6-8-13-24(22)32;1-17(2)13-24(31)18-7-6-8-19(14-18)33-20-11-12-22-26(15-20)34-27(28(22)30-3)16-25(32)21-9-4-5-10-23(21)29/h5-14,20H,15-19H2,1-3H3;4-10,13-14,20H,11-12,15-16H2,1-2H3/b10-5+;. The molecular formula is C59H54F2N2O7S2. The number of rotatable bonds is 16. The first kappa shape index (κ1) is 52.5. The molecule has 2 aromatic heterocycles. The highest BCUT2D eigenvalue weighted by atomic mass is 32.1. The van der Waals surface area contributed by atoms with Gasteiger partial charge in [-0.3, -0.25) is 14.4 Å². The van der Waals surface area contributed by atoms with Gasteiger partial charge in [-0.25, -0.2) is 23.3 Å². The highest BCUT2D eigenvalue weighted by Gasteiger charge is 2.31. The average molecular weight is 1010 g/mol. The minimum Gasteiger partial charge on any atom is -0.490 e. The predicted octanol–water partition coefficient (Wildman–Crippen LogP) is 14.4. The van der Waals surface area contributed by atoms with Crippen LogP contribution in [-0.2, 0) is 48.1 Å². The van der Waals surface area contributed by atoms with Crippen LogP contribution >= 0.6 is 22.7 Å². The number of hydrogen-bond donors (Lipinski definition) is 0. The van der Waals surface area contributed by atoms with Gasteiger partial charge in [0.15, 0.2) is 17.3 Å². The molecule has 8 rings (SSSR count). The number of allylic oxidation sites excluding steroid dienone is 3. The lowest BCUT2D eigenvalue weighted by Crippen LogP contribution is -2.34. The van der Waals surface area contributed by atoms with E-state index in [0.717, 1.165) is 63.5 Å². The number of ether oxygens (including phenoxy) is 3. The summed E-state index contributed by atoms with van der Waals surface area (Å²) in [5, 5.41) is 0. The van der Waals surface area contributed by atoms with Gasteiger partial charge in [0.25, 0.3) is 0 Å². The number of ketones is 3. The first-order valence-corrected chi connectivity index (χ1v) is 25.3. The molecular weight excluding hydrogens is 951 g/mol. The molecule has 0 bridgehead atoms. The van der Waals surface area contributed by atoms with Gasteiger partial charge < -0.3 is 14.2 Å². The fourth-order valence-corrected chi connectivity index (χ4v) is 11.6. The number of benzene rings is 4. The van der Waals surface area contributed by atoms with E-state index in [1.807, 2.05) is 58.0 Å². The molecule has 0 saturated carbocycles. The van der Waals surface area contributed by atoms with Crippen molar-refractivity contribution < 1.29 is 42.2 Å². The highest BCUT2D eigenvalue weighted by molar-refractivity contribution is 7.13. The molecule has 0 amide bonds. The van der Waals surface area contributed by atoms with Crippen LogP contribution in [0, 0.1) is 24.8 Å². The van der Waals surface area contributed by atoms with Crippen LogP contribution < -0.4 is 9.47 Å². The third kappa shape index (κ3) is 13.0. The van der Waals surface area contributed by atoms with Crippen LogP contribution in [0.1, 0.15) is 121 Å². The van der Waals surface area contributed by atoms with Crippen molar-refractivity contribution in [2.45, 2.75) is 104 Å². The monoisotopic (exact) mass is 1000 g/mol. The van der Waals surface area contributed by atoms with E-state index in [1.165, 1.54) is 53.0 Å². The Labute approximate surface area is 427 Å². The fourth-order valence-electron chi connectivity index (χ4n) is 8.88. The molecule has 0 fully saturated rings. The van der Waals surface area contributed by atoms with E-state index >= 15 is 0 Å². The molecule has 368 valence electrons. The zero-order chi connectivity index (χ0) is 51.5. The van der Waals surface area contributed by atoms with Crippen molar-refractivity contribution in [3.05, 3.63) is 208 Å². The maximum atomic E-state index is 14.1. The van der Waals surface area contributed by atoms with Gasteiger partial charge in [-0.15, -0.1) is 0 Å². The zero-order valence-electron chi connectivity index (χ0n) is 40.8. The van der Waals surface area contributed by atoms with E-state index in [0.29, 0.717) is 45.3 Å². The second kappa shape index (κ2) is 23.7. The summed E-state index contributed by atoms with van der Waals surface area (Å²) in [6.45, 7) is 24.8. The van der Waals surface area contributed by atoms with Gasteiger partial charge in [0.1, 0.15) is 41.4 Å². The summed E-state index contributed by atoms with van der Waals surface area (Å²) >= 11 is 2.93. The minimum absolute atomic E-state index is 0.0103. The third-order valence-electron chi connectivity index (χ3n) is 12.2. The minimum atomic E-state index is -0.804. The van der Waals surface area contributed by atoms with Crippen molar-refractivity contribution in [3.8, 4) is 11.5 Å². The SMILES string of the molecule is [C-]#[N+]c1c(CC(=O)c2ccccc2F)sc2c1CCC(Oc1cccc(C(=O)C=C(C)C)c1)C2.[C-]#[N+]c1c(CC(=O)c2ccccc2F)sc2c1CCC(c1ccccc1OCC(C)(C)OC(=O)/C=C/C)C2. The summed E-state index contributed by atoms with van der Waals surface area (Å²) in [4.78, 5) is 60.7. The molecule has 13 heteroatoms. The Morgan fingerprint density at radius 2 is 1.32 bits per heavy atom. The molecule has 9 nitrogen and oxygen atoms in total. The largest absolute Gasteiger partial charge is 0.490 e. The van der Waals surface area contributed by atoms with Crippen molar-refractivity contribution in [1.82, 2.24) is 0 Å². The van der Waals surface area contributed by atoms with Crippen molar-refractivity contribution in [2.24, 2.45) is 0 Å². The lowest BCUT2D eigenvalue weighted by atomic mass is 9.83. The first-order valence-electron chi connectivity index (χ1n) is 23.7. The van der Waals surface area contributed by atoms with Gasteiger partial charge in [-0.05, 0) is 143 Å². The van der Waals surface area contributed by atoms with E-state index < -0.39 is 23.2 Å². The van der Waals surface area contributed by atoms with Gasteiger partial charge in [0.05, 0.1) is 24.3 Å². The topological polar surface area (TPSA) is 105 Å². The average Bonchev–Trinajstić information content (AvgIpc) is 3.88. The second-order valence-corrected chi connectivity index (χ2v) is 20.9. The number of para-hydroxylation sites is 1. The lowest BCUT2D eigenvalue weighted by molar-refractivity contribution is -0.152. The maximum Gasteiger partial charge on any atom is 0.331 e. The summed E-state index contributed by atoms with van der Waals surface area (Å²) < 4.78 is 46.0. The first-order chi connectivity index (χ1) is 34.6. The van der Waals surface area contributed by atoms with Gasteiger partial charge >= 0.3 is 5.97 Å². The van der Waals surface area contributed by atoms with Gasteiger partial charge in [0.2, 0.25) is 11.4 Å². The van der Waals surface area contributed by atoms with Crippen molar-refractivity contribution >= 4 is 57.4 Å². The number of nitrogens with zero attached hydrogens (tertiary/aromatic N) is 2. The Balaban J connectivity index is 0.000000213. The van der Waals surface area contributed by atoms with Crippen LogP contribution in [0.2, 0.25) is 0 Å². The molecule has 0 N–H and O–H groups in total.